The molecule has 2 atom stereocenters. The van der Waals surface area contributed by atoms with Gasteiger partial charge in [0.1, 0.15) is 0 Å². The number of likely N-dealkylation sites (N-methyl/N-ethyl adjacent to an activating group) is 1. The van der Waals surface area contributed by atoms with Crippen LogP contribution in [0, 0.1) is 11.8 Å². The topological polar surface area (TPSA) is 15.3 Å². The molecule has 0 aromatic carbocycles. The van der Waals surface area contributed by atoms with E-state index in [0.717, 1.165) is 23.9 Å². The molecule has 0 amide bonds. The molecule has 2 nitrogen and oxygen atoms in total. The van der Waals surface area contributed by atoms with Gasteiger partial charge in [-0.05, 0) is 64.0 Å². The van der Waals surface area contributed by atoms with Crippen molar-refractivity contribution in [3.05, 3.63) is 0 Å². The van der Waals surface area contributed by atoms with Crippen molar-refractivity contribution in [1.82, 2.24) is 10.2 Å². The molecule has 1 saturated heterocycles. The lowest BCUT2D eigenvalue weighted by molar-refractivity contribution is 0.143. The van der Waals surface area contributed by atoms with Crippen molar-refractivity contribution >= 4 is 0 Å². The van der Waals surface area contributed by atoms with E-state index in [1.165, 1.54) is 51.6 Å². The molecule has 2 fully saturated rings. The van der Waals surface area contributed by atoms with E-state index in [4.69, 9.17) is 0 Å². The second-order valence-corrected chi connectivity index (χ2v) is 6.63. The third-order valence-electron chi connectivity index (χ3n) is 4.87. The van der Waals surface area contributed by atoms with Crippen molar-refractivity contribution in [1.29, 1.82) is 0 Å². The maximum Gasteiger partial charge on any atom is 0.0197 e. The molecule has 0 spiro atoms. The maximum atomic E-state index is 3.69. The highest BCUT2D eigenvalue weighted by atomic mass is 15.2. The van der Waals surface area contributed by atoms with Gasteiger partial charge in [-0.3, -0.25) is 0 Å². The first kappa shape index (κ1) is 13.4. The number of piperidine rings is 1. The number of hydrogen-bond donors (Lipinski definition) is 1. The van der Waals surface area contributed by atoms with Crippen molar-refractivity contribution in [3.8, 4) is 0 Å². The van der Waals surface area contributed by atoms with E-state index in [1.807, 2.05) is 0 Å². The molecule has 2 unspecified atom stereocenters. The molecule has 2 heteroatoms. The normalized spacial score (nSPS) is 39.5. The van der Waals surface area contributed by atoms with Crippen LogP contribution in [-0.4, -0.2) is 37.1 Å². The van der Waals surface area contributed by atoms with Gasteiger partial charge in [-0.1, -0.05) is 13.8 Å². The van der Waals surface area contributed by atoms with E-state index in [1.54, 1.807) is 0 Å². The minimum absolute atomic E-state index is 0.739. The number of nitrogens with one attached hydrogen (secondary N) is 1. The second-order valence-electron chi connectivity index (χ2n) is 6.63. The second kappa shape index (κ2) is 6.19. The van der Waals surface area contributed by atoms with Crippen molar-refractivity contribution < 1.29 is 0 Å². The van der Waals surface area contributed by atoms with Crippen LogP contribution in [0.4, 0.5) is 0 Å². The van der Waals surface area contributed by atoms with Gasteiger partial charge in [0.2, 0.25) is 0 Å². The zero-order chi connectivity index (χ0) is 12.3. The zero-order valence-electron chi connectivity index (χ0n) is 11.9. The lowest BCUT2D eigenvalue weighted by Crippen LogP contribution is -2.47. The van der Waals surface area contributed by atoms with Crippen molar-refractivity contribution in [2.75, 3.05) is 20.1 Å². The summed E-state index contributed by atoms with van der Waals surface area (Å²) in [5, 5.41) is 3.69. The molecular weight excluding hydrogens is 208 g/mol. The number of hydrogen-bond acceptors (Lipinski definition) is 2. The molecule has 0 bridgehead atoms. The Bertz CT molecular complexity index is 221. The Morgan fingerprint density at radius 2 is 1.71 bits per heavy atom. The van der Waals surface area contributed by atoms with Gasteiger partial charge in [0, 0.05) is 18.6 Å². The van der Waals surface area contributed by atoms with Gasteiger partial charge in [-0.2, -0.15) is 0 Å². The molecule has 17 heavy (non-hydrogen) atoms. The monoisotopic (exact) mass is 238 g/mol. The minimum atomic E-state index is 0.739. The SMILES string of the molecule is CC1CCC(N(C)CC2CC(C)CCN2)CC1. The Kier molecular flexibility index (Phi) is 4.87. The number of rotatable bonds is 3. The fraction of sp³-hybridized carbons (Fsp3) is 1.00. The van der Waals surface area contributed by atoms with Crippen LogP contribution < -0.4 is 5.32 Å². The Morgan fingerprint density at radius 1 is 1.00 bits per heavy atom. The highest BCUT2D eigenvalue weighted by Gasteiger charge is 2.25. The lowest BCUT2D eigenvalue weighted by Gasteiger charge is -2.37. The molecule has 1 heterocycles. The maximum absolute atomic E-state index is 3.69. The van der Waals surface area contributed by atoms with Gasteiger partial charge < -0.3 is 10.2 Å². The summed E-state index contributed by atoms with van der Waals surface area (Å²) in [6.45, 7) is 7.28. The largest absolute Gasteiger partial charge is 0.313 e. The predicted molar refractivity (Wildman–Crippen MR) is 74.2 cm³/mol. The smallest absolute Gasteiger partial charge is 0.0197 e. The van der Waals surface area contributed by atoms with Crippen LogP contribution in [0.2, 0.25) is 0 Å². The molecule has 0 radical (unpaired) electrons. The van der Waals surface area contributed by atoms with Crippen LogP contribution in [-0.2, 0) is 0 Å². The molecule has 1 aliphatic carbocycles. The Hall–Kier alpha value is -0.0800. The van der Waals surface area contributed by atoms with Crippen LogP contribution in [0.3, 0.4) is 0 Å². The first-order chi connectivity index (χ1) is 8.15. The standard InChI is InChI=1S/C15H30N2/c1-12-4-6-15(7-5-12)17(3)11-14-10-13(2)8-9-16-14/h12-16H,4-11H2,1-3H3. The fourth-order valence-corrected chi connectivity index (χ4v) is 3.54. The van der Waals surface area contributed by atoms with E-state index < -0.39 is 0 Å². The quantitative estimate of drug-likeness (QED) is 0.813. The van der Waals surface area contributed by atoms with Crippen molar-refractivity contribution in [2.45, 2.75) is 64.5 Å². The van der Waals surface area contributed by atoms with Gasteiger partial charge in [0.25, 0.3) is 0 Å². The summed E-state index contributed by atoms with van der Waals surface area (Å²) in [4.78, 5) is 2.63. The highest BCUT2D eigenvalue weighted by molar-refractivity contribution is 4.83. The summed E-state index contributed by atoms with van der Waals surface area (Å²) in [5.74, 6) is 1.88. The Labute approximate surface area is 107 Å². The van der Waals surface area contributed by atoms with Gasteiger partial charge >= 0.3 is 0 Å². The summed E-state index contributed by atoms with van der Waals surface area (Å²) in [6.07, 6.45) is 8.43. The molecule has 1 aliphatic heterocycles. The van der Waals surface area contributed by atoms with Gasteiger partial charge in [-0.25, -0.2) is 0 Å². The lowest BCUT2D eigenvalue weighted by atomic mass is 9.86. The molecule has 0 aromatic heterocycles. The first-order valence-electron chi connectivity index (χ1n) is 7.58. The van der Waals surface area contributed by atoms with Gasteiger partial charge in [-0.15, -0.1) is 0 Å². The first-order valence-corrected chi connectivity index (χ1v) is 7.58. The molecule has 2 rings (SSSR count). The zero-order valence-corrected chi connectivity index (χ0v) is 11.9. The predicted octanol–water partition coefficient (Wildman–Crippen LogP) is 2.89. The van der Waals surface area contributed by atoms with Crippen LogP contribution >= 0.6 is 0 Å². The molecule has 0 aromatic rings. The molecule has 2 aliphatic rings. The van der Waals surface area contributed by atoms with Crippen molar-refractivity contribution in [2.24, 2.45) is 11.8 Å². The molecule has 1 saturated carbocycles. The molecule has 100 valence electrons. The third-order valence-corrected chi connectivity index (χ3v) is 4.87. The van der Waals surface area contributed by atoms with Crippen LogP contribution in [0.15, 0.2) is 0 Å². The van der Waals surface area contributed by atoms with Crippen LogP contribution in [0.1, 0.15) is 52.4 Å². The van der Waals surface area contributed by atoms with Gasteiger partial charge in [0.15, 0.2) is 0 Å². The summed E-state index contributed by atoms with van der Waals surface area (Å²) < 4.78 is 0. The van der Waals surface area contributed by atoms with E-state index >= 15 is 0 Å². The Balaban J connectivity index is 1.74. The van der Waals surface area contributed by atoms with Crippen LogP contribution in [0.25, 0.3) is 0 Å². The van der Waals surface area contributed by atoms with E-state index in [2.05, 4.69) is 31.1 Å². The van der Waals surface area contributed by atoms with E-state index in [-0.39, 0.29) is 0 Å². The van der Waals surface area contributed by atoms with E-state index in [9.17, 15) is 0 Å². The Morgan fingerprint density at radius 3 is 2.35 bits per heavy atom. The summed E-state index contributed by atoms with van der Waals surface area (Å²) in [7, 11) is 2.33. The summed E-state index contributed by atoms with van der Waals surface area (Å²) >= 11 is 0. The fourth-order valence-electron chi connectivity index (χ4n) is 3.54. The summed E-state index contributed by atoms with van der Waals surface area (Å²) in [6, 6.07) is 1.59. The number of nitrogens with zero attached hydrogens (tertiary/aromatic N) is 1. The van der Waals surface area contributed by atoms with Crippen molar-refractivity contribution in [3.63, 3.8) is 0 Å². The minimum Gasteiger partial charge on any atom is -0.313 e. The summed E-state index contributed by atoms with van der Waals surface area (Å²) in [5.41, 5.74) is 0. The van der Waals surface area contributed by atoms with Crippen LogP contribution in [0.5, 0.6) is 0 Å². The molecular formula is C15H30N2. The highest BCUT2D eigenvalue weighted by Crippen LogP contribution is 2.27. The average molecular weight is 238 g/mol. The van der Waals surface area contributed by atoms with Gasteiger partial charge in [0.05, 0.1) is 0 Å². The molecule has 1 N–H and O–H groups in total. The average Bonchev–Trinajstić information content (AvgIpc) is 2.29. The third kappa shape index (κ3) is 3.96. The van der Waals surface area contributed by atoms with E-state index in [0.29, 0.717) is 0 Å².